The van der Waals surface area contributed by atoms with Crippen LogP contribution >= 0.6 is 0 Å². The van der Waals surface area contributed by atoms with Crippen molar-refractivity contribution in [1.29, 1.82) is 0 Å². The first-order chi connectivity index (χ1) is 11.2. The number of hydrogen-bond donors (Lipinski definition) is 1. The number of hydrogen-bond acceptors (Lipinski definition) is 5. The van der Waals surface area contributed by atoms with E-state index in [2.05, 4.69) is 32.4 Å². The molecule has 3 heterocycles. The van der Waals surface area contributed by atoms with E-state index >= 15 is 0 Å². The van der Waals surface area contributed by atoms with Crippen LogP contribution in [0.25, 0.3) is 10.8 Å². The minimum absolute atomic E-state index is 0.138. The van der Waals surface area contributed by atoms with Gasteiger partial charge in [-0.1, -0.05) is 24.3 Å². The summed E-state index contributed by atoms with van der Waals surface area (Å²) >= 11 is 0. The summed E-state index contributed by atoms with van der Waals surface area (Å²) < 4.78 is 0. The van der Waals surface area contributed by atoms with Crippen molar-refractivity contribution in [2.75, 3.05) is 11.9 Å². The van der Waals surface area contributed by atoms with Crippen molar-refractivity contribution >= 4 is 22.6 Å². The Hall–Kier alpha value is -3.02. The number of carbonyl (C=O) groups excluding carboxylic acids is 1. The lowest BCUT2D eigenvalue weighted by Crippen LogP contribution is -2.21. The van der Waals surface area contributed by atoms with Gasteiger partial charge in [-0.05, 0) is 11.5 Å². The average molecular weight is 305 g/mol. The van der Waals surface area contributed by atoms with E-state index in [1.165, 1.54) is 0 Å². The van der Waals surface area contributed by atoms with E-state index in [-0.39, 0.29) is 5.91 Å². The highest BCUT2D eigenvalue weighted by atomic mass is 16.2. The molecular formula is C17H15N5O. The second-order valence-corrected chi connectivity index (χ2v) is 5.61. The van der Waals surface area contributed by atoms with Crippen molar-refractivity contribution < 1.29 is 4.79 Å². The number of pyridine rings is 1. The quantitative estimate of drug-likeness (QED) is 0.800. The number of rotatable bonds is 3. The maximum atomic E-state index is 11.7. The van der Waals surface area contributed by atoms with Gasteiger partial charge in [0, 0.05) is 36.9 Å². The van der Waals surface area contributed by atoms with E-state index in [0.29, 0.717) is 24.7 Å². The molecule has 1 aromatic carbocycles. The second kappa shape index (κ2) is 5.31. The van der Waals surface area contributed by atoms with E-state index in [9.17, 15) is 4.79 Å². The third-order valence-electron chi connectivity index (χ3n) is 3.93. The fraction of sp³-hybridized carbons (Fsp3) is 0.176. The Morgan fingerprint density at radius 2 is 2.00 bits per heavy atom. The zero-order chi connectivity index (χ0) is 15.8. The first kappa shape index (κ1) is 13.6. The summed E-state index contributed by atoms with van der Waals surface area (Å²) in [6.07, 6.45) is 3.58. The Labute approximate surface area is 133 Å². The maximum absolute atomic E-state index is 11.7. The minimum Gasteiger partial charge on any atom is -0.346 e. The molecule has 114 valence electrons. The Kier molecular flexibility index (Phi) is 3.15. The van der Waals surface area contributed by atoms with Crippen LogP contribution in [0.4, 0.5) is 5.95 Å². The molecule has 1 aliphatic rings. The first-order valence-electron chi connectivity index (χ1n) is 7.39. The summed E-state index contributed by atoms with van der Waals surface area (Å²) in [7, 11) is 1.89. The van der Waals surface area contributed by atoms with Crippen LogP contribution < -0.4 is 10.2 Å². The van der Waals surface area contributed by atoms with Gasteiger partial charge in [-0.3, -0.25) is 9.78 Å². The van der Waals surface area contributed by atoms with Gasteiger partial charge in [0.15, 0.2) is 0 Å². The first-order valence-corrected chi connectivity index (χ1v) is 7.39. The van der Waals surface area contributed by atoms with Crippen molar-refractivity contribution in [2.45, 2.75) is 13.1 Å². The van der Waals surface area contributed by atoms with Gasteiger partial charge >= 0.3 is 0 Å². The number of fused-ring (bicyclic) bond motifs is 2. The van der Waals surface area contributed by atoms with E-state index < -0.39 is 0 Å². The molecule has 0 fully saturated rings. The maximum Gasteiger partial charge on any atom is 0.270 e. The standard InChI is InChI=1S/C17H15N5O/c1-22(17-20-9-13-8-19-16(23)15(13)21-17)10-14-6-11-4-2-3-5-12(11)7-18-14/h2-7,9H,8,10H2,1H3,(H,19,23). The third-order valence-corrected chi connectivity index (χ3v) is 3.93. The van der Waals surface area contributed by atoms with Crippen LogP contribution in [0.1, 0.15) is 21.7 Å². The summed E-state index contributed by atoms with van der Waals surface area (Å²) in [4.78, 5) is 26.8. The molecule has 3 aromatic rings. The van der Waals surface area contributed by atoms with Crippen molar-refractivity contribution in [3.63, 3.8) is 0 Å². The Balaban J connectivity index is 1.60. The number of nitrogens with zero attached hydrogens (tertiary/aromatic N) is 4. The normalized spacial score (nSPS) is 13.0. The molecule has 0 saturated heterocycles. The van der Waals surface area contributed by atoms with Crippen LogP contribution in [0.5, 0.6) is 0 Å². The van der Waals surface area contributed by atoms with Crippen LogP contribution in [0, 0.1) is 0 Å². The molecule has 1 N–H and O–H groups in total. The van der Waals surface area contributed by atoms with Gasteiger partial charge < -0.3 is 10.2 Å². The highest BCUT2D eigenvalue weighted by Gasteiger charge is 2.22. The summed E-state index contributed by atoms with van der Waals surface area (Å²) in [5.74, 6) is 0.386. The Bertz CT molecular complexity index is 908. The molecule has 6 nitrogen and oxygen atoms in total. The summed E-state index contributed by atoms with van der Waals surface area (Å²) in [6.45, 7) is 1.08. The summed E-state index contributed by atoms with van der Waals surface area (Å²) in [5, 5.41) is 5.02. The molecule has 6 heteroatoms. The molecule has 0 saturated carbocycles. The van der Waals surface area contributed by atoms with Crippen molar-refractivity contribution in [2.24, 2.45) is 0 Å². The van der Waals surface area contributed by atoms with Crippen molar-refractivity contribution in [1.82, 2.24) is 20.3 Å². The number of anilines is 1. The smallest absolute Gasteiger partial charge is 0.270 e. The molecular weight excluding hydrogens is 290 g/mol. The average Bonchev–Trinajstić information content (AvgIpc) is 2.95. The summed E-state index contributed by atoms with van der Waals surface area (Å²) in [5.41, 5.74) is 2.24. The van der Waals surface area contributed by atoms with Crippen molar-refractivity contribution in [3.05, 3.63) is 59.7 Å². The highest BCUT2D eigenvalue weighted by molar-refractivity contribution is 5.96. The number of aromatic nitrogens is 3. The SMILES string of the molecule is CN(Cc1cc2ccccc2cn1)c1ncc2c(n1)C(=O)NC2. The van der Waals surface area contributed by atoms with E-state index in [1.807, 2.05) is 36.3 Å². The predicted octanol–water partition coefficient (Wildman–Crippen LogP) is 1.90. The van der Waals surface area contributed by atoms with Gasteiger partial charge in [0.1, 0.15) is 5.69 Å². The fourth-order valence-corrected chi connectivity index (χ4v) is 2.70. The highest BCUT2D eigenvalue weighted by Crippen LogP contribution is 2.18. The number of carbonyl (C=O) groups is 1. The molecule has 1 aliphatic heterocycles. The molecule has 2 aromatic heterocycles. The molecule has 4 rings (SSSR count). The zero-order valence-corrected chi connectivity index (χ0v) is 12.7. The summed E-state index contributed by atoms with van der Waals surface area (Å²) in [6, 6.07) is 10.2. The van der Waals surface area contributed by atoms with Gasteiger partial charge in [0.25, 0.3) is 5.91 Å². The largest absolute Gasteiger partial charge is 0.346 e. The van der Waals surface area contributed by atoms with Crippen molar-refractivity contribution in [3.8, 4) is 0 Å². The van der Waals surface area contributed by atoms with Crippen LogP contribution in [0.15, 0.2) is 42.7 Å². The van der Waals surface area contributed by atoms with Crippen LogP contribution in [0.3, 0.4) is 0 Å². The molecule has 0 aliphatic carbocycles. The third kappa shape index (κ3) is 2.48. The molecule has 0 spiro atoms. The zero-order valence-electron chi connectivity index (χ0n) is 12.7. The molecule has 0 atom stereocenters. The lowest BCUT2D eigenvalue weighted by molar-refractivity contribution is 0.0961. The van der Waals surface area contributed by atoms with Gasteiger partial charge in [-0.15, -0.1) is 0 Å². The van der Waals surface area contributed by atoms with Gasteiger partial charge in [-0.2, -0.15) is 0 Å². The second-order valence-electron chi connectivity index (χ2n) is 5.61. The minimum atomic E-state index is -0.138. The Morgan fingerprint density at radius 3 is 2.87 bits per heavy atom. The van der Waals surface area contributed by atoms with Gasteiger partial charge in [0.05, 0.1) is 12.2 Å². The van der Waals surface area contributed by atoms with Crippen LogP contribution in [-0.4, -0.2) is 27.9 Å². The molecule has 1 amide bonds. The van der Waals surface area contributed by atoms with Gasteiger partial charge in [0.2, 0.25) is 5.95 Å². The number of amides is 1. The predicted molar refractivity (Wildman–Crippen MR) is 87.1 cm³/mol. The Morgan fingerprint density at radius 1 is 1.17 bits per heavy atom. The molecule has 23 heavy (non-hydrogen) atoms. The van der Waals surface area contributed by atoms with E-state index in [4.69, 9.17) is 0 Å². The van der Waals surface area contributed by atoms with E-state index in [1.54, 1.807) is 6.20 Å². The van der Waals surface area contributed by atoms with Crippen LogP contribution in [-0.2, 0) is 13.1 Å². The van der Waals surface area contributed by atoms with Crippen LogP contribution in [0.2, 0.25) is 0 Å². The lowest BCUT2D eigenvalue weighted by Gasteiger charge is -2.17. The topological polar surface area (TPSA) is 71.0 Å². The number of nitrogens with one attached hydrogen (secondary N) is 1. The fourth-order valence-electron chi connectivity index (χ4n) is 2.70. The molecule has 0 radical (unpaired) electrons. The monoisotopic (exact) mass is 305 g/mol. The van der Waals surface area contributed by atoms with Gasteiger partial charge in [-0.25, -0.2) is 9.97 Å². The van der Waals surface area contributed by atoms with E-state index in [0.717, 1.165) is 22.0 Å². The molecule has 0 bridgehead atoms. The number of benzene rings is 1. The lowest BCUT2D eigenvalue weighted by atomic mass is 10.1. The molecule has 0 unspecified atom stereocenters.